The second-order valence-electron chi connectivity index (χ2n) is 7.04. The highest BCUT2D eigenvalue weighted by Gasteiger charge is 2.12. The average Bonchev–Trinajstić information content (AvgIpc) is 2.88. The molecule has 0 saturated heterocycles. The molecule has 0 fully saturated rings. The second kappa shape index (κ2) is 18.0. The van der Waals surface area contributed by atoms with E-state index in [2.05, 4.69) is 78.6 Å². The number of para-hydroxylation sites is 1. The number of halogens is 1. The van der Waals surface area contributed by atoms with E-state index in [-0.39, 0.29) is 39.8 Å². The predicted molar refractivity (Wildman–Crippen MR) is 135 cm³/mol. The van der Waals surface area contributed by atoms with Gasteiger partial charge in [-0.15, -0.1) is 0 Å². The van der Waals surface area contributed by atoms with Crippen LogP contribution in [0.25, 0.3) is 0 Å². The molecule has 0 bridgehead atoms. The molecule has 0 saturated carbocycles. The maximum absolute atomic E-state index is 11.0. The lowest BCUT2D eigenvalue weighted by Crippen LogP contribution is -3.61. The normalized spacial score (nSPS) is 9.23. The van der Waals surface area contributed by atoms with Crippen LogP contribution in [0, 0.1) is 7.14 Å². The fraction of sp³-hybridized carbons (Fsp3) is 0.172. The third kappa shape index (κ3) is 14.5. The second-order valence-corrected chi connectivity index (χ2v) is 10.1. The zero-order valence-corrected chi connectivity index (χ0v) is 22.6. The van der Waals surface area contributed by atoms with Gasteiger partial charge < -0.3 is 14.2 Å². The summed E-state index contributed by atoms with van der Waals surface area (Å²) < 4.78 is 17.4. The number of benzene rings is 3. The van der Waals surface area contributed by atoms with Crippen molar-refractivity contribution in [2.45, 2.75) is 13.8 Å². The number of hydrogen-bond donors (Lipinski definition) is 0. The maximum Gasteiger partial charge on any atom is 0.357 e. The summed E-state index contributed by atoms with van der Waals surface area (Å²) in [5.41, 5.74) is 0.831. The smallest absolute Gasteiger partial charge is 0.357 e. The van der Waals surface area contributed by atoms with Gasteiger partial charge >= 0.3 is 33.1 Å². The molecule has 35 heavy (non-hydrogen) atoms. The molecule has 6 heteroatoms. The van der Waals surface area contributed by atoms with Crippen LogP contribution in [0.4, 0.5) is 0 Å². The quantitative estimate of drug-likeness (QED) is 0.176. The van der Waals surface area contributed by atoms with Crippen molar-refractivity contribution < 1.29 is 45.0 Å². The van der Waals surface area contributed by atoms with Gasteiger partial charge in [-0.3, -0.25) is 0 Å². The van der Waals surface area contributed by atoms with Crippen LogP contribution in [0.2, 0.25) is 0 Å². The summed E-state index contributed by atoms with van der Waals surface area (Å²) in [6.07, 6.45) is 0. The predicted octanol–water partition coefficient (Wildman–Crippen LogP) is 2.74. The van der Waals surface area contributed by atoms with Gasteiger partial charge in [-0.2, -0.15) is 0 Å². The van der Waals surface area contributed by atoms with Crippen LogP contribution < -0.4 is 25.9 Å². The van der Waals surface area contributed by atoms with Crippen LogP contribution in [0.3, 0.4) is 0 Å². The molecule has 3 rings (SSSR count). The molecule has 3 aromatic rings. The molecule has 0 aliphatic carbocycles. The van der Waals surface area contributed by atoms with Crippen LogP contribution in [0.5, 0.6) is 5.75 Å². The first-order chi connectivity index (χ1) is 16.8. The molecule has 0 aromatic heterocycles. The lowest BCUT2D eigenvalue weighted by atomic mass is 10.3. The Morgan fingerprint density at radius 1 is 0.686 bits per heavy atom. The first-order valence-corrected chi connectivity index (χ1v) is 13.0. The minimum Gasteiger partial charge on any atom is -0.490 e. The van der Waals surface area contributed by atoms with E-state index in [1.165, 1.54) is 14.3 Å². The van der Waals surface area contributed by atoms with E-state index >= 15 is 0 Å². The van der Waals surface area contributed by atoms with Crippen LogP contribution >= 0.6 is 0 Å². The van der Waals surface area contributed by atoms with Gasteiger partial charge in [0.1, 0.15) is 19.0 Å². The number of methoxy groups -OCH3 is 1. The third-order valence-electron chi connectivity index (χ3n) is 3.90. The highest BCUT2D eigenvalue weighted by molar-refractivity contribution is 5.87. The molecule has 0 unspecified atom stereocenters. The molecule has 0 N–H and O–H groups in total. The van der Waals surface area contributed by atoms with E-state index in [4.69, 9.17) is 9.47 Å². The van der Waals surface area contributed by atoms with Gasteiger partial charge in [-0.25, -0.2) is 9.59 Å². The van der Waals surface area contributed by atoms with Gasteiger partial charge in [0.25, 0.3) is 0 Å². The lowest BCUT2D eigenvalue weighted by Gasteiger charge is -2.06. The van der Waals surface area contributed by atoms with Gasteiger partial charge in [0, 0.05) is 11.1 Å². The first kappa shape index (κ1) is 29.6. The Kier molecular flexibility index (Phi) is 15.2. The number of carbonyl (C=O) groups is 2. The number of hydrogen-bond acceptors (Lipinski definition) is 5. The molecular formula is C29H32IO5+. The Bertz CT molecular complexity index is 997. The van der Waals surface area contributed by atoms with Crippen LogP contribution in [0.1, 0.15) is 13.8 Å². The van der Waals surface area contributed by atoms with Crippen LogP contribution in [-0.4, -0.2) is 32.3 Å². The summed E-state index contributed by atoms with van der Waals surface area (Å²) in [7, 11) is 1.33. The molecule has 0 spiro atoms. The highest BCUT2D eigenvalue weighted by Crippen LogP contribution is 2.07. The van der Waals surface area contributed by atoms with Crippen molar-refractivity contribution in [3.63, 3.8) is 0 Å². The summed E-state index contributed by atoms with van der Waals surface area (Å²) >= 11 is 0.0287. The van der Waals surface area contributed by atoms with Crippen LogP contribution in [-0.2, 0) is 19.1 Å². The highest BCUT2D eigenvalue weighted by atomic mass is 127. The van der Waals surface area contributed by atoms with Crippen molar-refractivity contribution in [3.8, 4) is 5.75 Å². The van der Waals surface area contributed by atoms with Crippen molar-refractivity contribution in [2.75, 3.05) is 20.3 Å². The fourth-order valence-electron chi connectivity index (χ4n) is 2.19. The van der Waals surface area contributed by atoms with Crippen molar-refractivity contribution in [3.05, 3.63) is 122 Å². The standard InChI is InChI=1S/C12H10I.C12H14O3.C5H8O2/c1-3-7-11(8-4-1)13-12-9-5-2-6-10-12;1-10(2)12(13)15-9-8-14-11-6-4-3-5-7-11;1-4(2)5(6)7-3/h1-10H;3-7H,1,8-9H2,2H3;1H2,2-3H3/q+1;;. The van der Waals surface area contributed by atoms with E-state index < -0.39 is 0 Å². The van der Waals surface area contributed by atoms with E-state index in [0.29, 0.717) is 17.8 Å². The van der Waals surface area contributed by atoms with Gasteiger partial charge in [0.2, 0.25) is 0 Å². The van der Waals surface area contributed by atoms with Gasteiger partial charge in [-0.05, 0) is 50.2 Å². The summed E-state index contributed by atoms with van der Waals surface area (Å²) in [6, 6.07) is 30.8. The SMILES string of the molecule is C=C(C)C(=O)OC.C=C(C)C(=O)OCCOc1ccccc1.c1ccc([I+]c2ccccc2)cc1. The summed E-state index contributed by atoms with van der Waals surface area (Å²) in [4.78, 5) is 21.2. The monoisotopic (exact) mass is 587 g/mol. The molecule has 3 aromatic carbocycles. The van der Waals surface area contributed by atoms with Gasteiger partial charge in [0.15, 0.2) is 7.14 Å². The van der Waals surface area contributed by atoms with Crippen molar-refractivity contribution >= 4 is 11.9 Å². The first-order valence-electron chi connectivity index (χ1n) is 10.8. The lowest BCUT2D eigenvalue weighted by molar-refractivity contribution is -0.597. The molecule has 0 aliphatic heterocycles. The van der Waals surface area contributed by atoms with E-state index in [9.17, 15) is 9.59 Å². The fourth-order valence-corrected chi connectivity index (χ4v) is 4.46. The zero-order chi connectivity index (χ0) is 25.9. The Labute approximate surface area is 218 Å². The largest absolute Gasteiger partial charge is 0.490 e. The average molecular weight is 587 g/mol. The van der Waals surface area contributed by atoms with Gasteiger partial charge in [-0.1, -0.05) is 67.8 Å². The Balaban J connectivity index is 0.000000280. The Morgan fingerprint density at radius 3 is 1.49 bits per heavy atom. The molecule has 5 nitrogen and oxygen atoms in total. The van der Waals surface area contributed by atoms with E-state index in [1.54, 1.807) is 13.8 Å². The van der Waals surface area contributed by atoms with Gasteiger partial charge in [0.05, 0.1) is 7.11 Å². The summed E-state index contributed by atoms with van der Waals surface area (Å²) in [5.74, 6) is 0.0375. The number of esters is 2. The van der Waals surface area contributed by atoms with Crippen molar-refractivity contribution in [1.82, 2.24) is 0 Å². The van der Waals surface area contributed by atoms with Crippen molar-refractivity contribution in [1.29, 1.82) is 0 Å². The van der Waals surface area contributed by atoms with E-state index in [0.717, 1.165) is 5.75 Å². The molecular weight excluding hydrogens is 555 g/mol. The molecule has 0 aliphatic rings. The molecule has 0 heterocycles. The third-order valence-corrected chi connectivity index (χ3v) is 6.58. The molecule has 0 atom stereocenters. The van der Waals surface area contributed by atoms with Crippen LogP contribution in [0.15, 0.2) is 115 Å². The topological polar surface area (TPSA) is 61.8 Å². The minimum atomic E-state index is -0.383. The molecule has 0 radical (unpaired) electrons. The minimum absolute atomic E-state index is 0.0287. The number of carbonyl (C=O) groups excluding carboxylic acids is 2. The van der Waals surface area contributed by atoms with Crippen molar-refractivity contribution in [2.24, 2.45) is 0 Å². The number of ether oxygens (including phenoxy) is 3. The summed E-state index contributed by atoms with van der Waals surface area (Å²) in [6.45, 7) is 10.6. The Hall–Kier alpha value is -3.39. The number of rotatable bonds is 8. The molecule has 184 valence electrons. The molecule has 0 amide bonds. The van der Waals surface area contributed by atoms with E-state index in [1.807, 2.05) is 30.3 Å². The zero-order valence-electron chi connectivity index (χ0n) is 20.4. The summed E-state index contributed by atoms with van der Waals surface area (Å²) in [5, 5.41) is 0. The maximum atomic E-state index is 11.0. The Morgan fingerprint density at radius 2 is 1.11 bits per heavy atom.